The van der Waals surface area contributed by atoms with Gasteiger partial charge in [-0.1, -0.05) is 48.5 Å². The Bertz CT molecular complexity index is 781. The lowest BCUT2D eigenvalue weighted by molar-refractivity contribution is 0.176. The number of hydrogen-bond acceptors (Lipinski definition) is 3. The van der Waals surface area contributed by atoms with Gasteiger partial charge in [0.15, 0.2) is 0 Å². The minimum Gasteiger partial charge on any atom is -0.386 e. The molecular weight excluding hydrogens is 308 g/mol. The van der Waals surface area contributed by atoms with Gasteiger partial charge in [0.2, 0.25) is 0 Å². The largest absolute Gasteiger partial charge is 0.386 e. The lowest BCUT2D eigenvalue weighted by Crippen LogP contribution is -2.37. The van der Waals surface area contributed by atoms with Crippen molar-refractivity contribution in [1.29, 1.82) is 0 Å². The lowest BCUT2D eigenvalue weighted by atomic mass is 10.0. The van der Waals surface area contributed by atoms with Crippen LogP contribution in [0.4, 0.5) is 4.79 Å². The summed E-state index contributed by atoms with van der Waals surface area (Å²) >= 11 is 1.47. The Morgan fingerprint density at radius 1 is 1.04 bits per heavy atom. The number of nitrogens with one attached hydrogen (secondary N) is 2. The van der Waals surface area contributed by atoms with Crippen molar-refractivity contribution in [1.82, 2.24) is 10.6 Å². The van der Waals surface area contributed by atoms with Gasteiger partial charge in [0.1, 0.15) is 6.10 Å². The maximum absolute atomic E-state index is 11.9. The molecule has 23 heavy (non-hydrogen) atoms. The summed E-state index contributed by atoms with van der Waals surface area (Å²) in [7, 11) is 0. The summed E-state index contributed by atoms with van der Waals surface area (Å²) in [6.45, 7) is 0.643. The topological polar surface area (TPSA) is 61.4 Å². The van der Waals surface area contributed by atoms with E-state index < -0.39 is 6.10 Å². The van der Waals surface area contributed by atoms with Crippen molar-refractivity contribution in [2.75, 3.05) is 6.54 Å². The predicted octanol–water partition coefficient (Wildman–Crippen LogP) is 3.43. The van der Waals surface area contributed by atoms with Gasteiger partial charge < -0.3 is 15.7 Å². The zero-order valence-electron chi connectivity index (χ0n) is 12.5. The first kappa shape index (κ1) is 15.5. The third kappa shape index (κ3) is 3.88. The molecule has 3 N–H and O–H groups in total. The Morgan fingerprint density at radius 2 is 1.87 bits per heavy atom. The molecule has 3 aromatic rings. The highest BCUT2D eigenvalue weighted by Gasteiger charge is 2.10. The number of hydrogen-bond donors (Lipinski definition) is 3. The van der Waals surface area contributed by atoms with Gasteiger partial charge in [0.05, 0.1) is 6.54 Å². The molecule has 0 bridgehead atoms. The highest BCUT2D eigenvalue weighted by atomic mass is 32.1. The molecule has 1 heterocycles. The molecule has 2 aromatic carbocycles. The second kappa shape index (κ2) is 7.26. The number of aliphatic hydroxyl groups is 1. The normalized spacial score (nSPS) is 12.0. The van der Waals surface area contributed by atoms with Crippen LogP contribution in [0.1, 0.15) is 16.5 Å². The van der Waals surface area contributed by atoms with E-state index in [1.165, 1.54) is 11.3 Å². The molecule has 0 saturated carbocycles. The van der Waals surface area contributed by atoms with Crippen LogP contribution >= 0.6 is 11.3 Å². The third-order valence-electron chi connectivity index (χ3n) is 3.65. The molecule has 0 radical (unpaired) electrons. The second-order valence-corrected chi connectivity index (χ2v) is 6.21. The molecule has 0 aliphatic heterocycles. The molecule has 4 nitrogen and oxygen atoms in total. The average Bonchev–Trinajstić information content (AvgIpc) is 3.12. The SMILES string of the molecule is O=C(NCc1cccc2ccccc12)NC[C@@H](O)c1cccs1. The maximum atomic E-state index is 11.9. The van der Waals surface area contributed by atoms with Crippen molar-refractivity contribution in [2.45, 2.75) is 12.6 Å². The summed E-state index contributed by atoms with van der Waals surface area (Å²) in [5.41, 5.74) is 1.07. The number of rotatable bonds is 5. The maximum Gasteiger partial charge on any atom is 0.315 e. The fourth-order valence-corrected chi connectivity index (χ4v) is 3.17. The number of urea groups is 1. The Morgan fingerprint density at radius 3 is 2.70 bits per heavy atom. The van der Waals surface area contributed by atoms with E-state index in [0.29, 0.717) is 6.54 Å². The highest BCUT2D eigenvalue weighted by molar-refractivity contribution is 7.10. The molecule has 0 aliphatic rings. The Hall–Kier alpha value is -2.37. The summed E-state index contributed by atoms with van der Waals surface area (Å²) < 4.78 is 0. The van der Waals surface area contributed by atoms with E-state index in [2.05, 4.69) is 22.8 Å². The number of amides is 2. The Labute approximate surface area is 138 Å². The van der Waals surface area contributed by atoms with Crippen LogP contribution in [0.15, 0.2) is 60.0 Å². The molecule has 0 aliphatic carbocycles. The van der Waals surface area contributed by atoms with Gasteiger partial charge in [-0.25, -0.2) is 4.79 Å². The number of benzene rings is 2. The standard InChI is InChI=1S/C18H18N2O2S/c21-16(17-9-4-10-23-17)12-20-18(22)19-11-14-7-3-6-13-5-1-2-8-15(13)14/h1-10,16,21H,11-12H2,(H2,19,20,22)/t16-/m1/s1. The molecule has 0 unspecified atom stereocenters. The smallest absolute Gasteiger partial charge is 0.315 e. The monoisotopic (exact) mass is 326 g/mol. The van der Waals surface area contributed by atoms with Gasteiger partial charge in [-0.3, -0.25) is 0 Å². The first-order valence-corrected chi connectivity index (χ1v) is 8.32. The zero-order valence-corrected chi connectivity index (χ0v) is 13.3. The van der Waals surface area contributed by atoms with E-state index in [1.54, 1.807) is 0 Å². The molecule has 118 valence electrons. The minimum absolute atomic E-state index is 0.196. The summed E-state index contributed by atoms with van der Waals surface area (Å²) in [4.78, 5) is 12.7. The Kier molecular flexibility index (Phi) is 4.90. The molecule has 0 fully saturated rings. The van der Waals surface area contributed by atoms with E-state index in [9.17, 15) is 9.90 Å². The molecule has 3 rings (SSSR count). The van der Waals surface area contributed by atoms with E-state index in [4.69, 9.17) is 0 Å². The van der Waals surface area contributed by atoms with Crippen LogP contribution in [0, 0.1) is 0 Å². The van der Waals surface area contributed by atoms with Crippen molar-refractivity contribution in [3.63, 3.8) is 0 Å². The fourth-order valence-electron chi connectivity index (χ4n) is 2.46. The van der Waals surface area contributed by atoms with E-state index in [0.717, 1.165) is 21.2 Å². The summed E-state index contributed by atoms with van der Waals surface area (Å²) in [5.74, 6) is 0. The number of thiophene rings is 1. The predicted molar refractivity (Wildman–Crippen MR) is 93.5 cm³/mol. The van der Waals surface area contributed by atoms with Crippen LogP contribution in [0.3, 0.4) is 0 Å². The summed E-state index contributed by atoms with van der Waals surface area (Å²) in [6, 6.07) is 17.6. The number of aliphatic hydroxyl groups excluding tert-OH is 1. The van der Waals surface area contributed by atoms with Crippen LogP contribution in [-0.2, 0) is 6.54 Å². The molecule has 2 amide bonds. The van der Waals surface area contributed by atoms with Crippen molar-refractivity contribution in [3.8, 4) is 0 Å². The van der Waals surface area contributed by atoms with Gasteiger partial charge in [0.25, 0.3) is 0 Å². The second-order valence-electron chi connectivity index (χ2n) is 5.23. The lowest BCUT2D eigenvalue weighted by Gasteiger charge is -2.12. The molecule has 0 spiro atoms. The summed E-state index contributed by atoms with van der Waals surface area (Å²) in [5, 5.41) is 19.7. The average molecular weight is 326 g/mol. The molecule has 5 heteroatoms. The van der Waals surface area contributed by atoms with Crippen LogP contribution < -0.4 is 10.6 Å². The number of carbonyl (C=O) groups is 1. The van der Waals surface area contributed by atoms with Gasteiger partial charge in [-0.05, 0) is 27.8 Å². The minimum atomic E-state index is -0.668. The van der Waals surface area contributed by atoms with Crippen molar-refractivity contribution >= 4 is 28.1 Å². The van der Waals surface area contributed by atoms with Crippen molar-refractivity contribution in [3.05, 3.63) is 70.4 Å². The number of carbonyl (C=O) groups excluding carboxylic acids is 1. The van der Waals surface area contributed by atoms with Crippen molar-refractivity contribution in [2.24, 2.45) is 0 Å². The highest BCUT2D eigenvalue weighted by Crippen LogP contribution is 2.19. The van der Waals surface area contributed by atoms with Gasteiger partial charge in [0, 0.05) is 11.4 Å². The third-order valence-corrected chi connectivity index (χ3v) is 4.62. The number of fused-ring (bicyclic) bond motifs is 1. The first-order valence-electron chi connectivity index (χ1n) is 7.44. The van der Waals surface area contributed by atoms with Gasteiger partial charge in [-0.2, -0.15) is 0 Å². The van der Waals surface area contributed by atoms with Gasteiger partial charge >= 0.3 is 6.03 Å². The van der Waals surface area contributed by atoms with Crippen LogP contribution in [0.5, 0.6) is 0 Å². The molecule has 1 atom stereocenters. The van der Waals surface area contributed by atoms with Crippen LogP contribution in [0.25, 0.3) is 10.8 Å². The zero-order chi connectivity index (χ0) is 16.1. The first-order chi connectivity index (χ1) is 11.2. The molecular formula is C18H18N2O2S. The van der Waals surface area contributed by atoms with Gasteiger partial charge in [-0.15, -0.1) is 11.3 Å². The molecule has 0 saturated heterocycles. The van der Waals surface area contributed by atoms with Crippen LogP contribution in [0.2, 0.25) is 0 Å². The van der Waals surface area contributed by atoms with Crippen LogP contribution in [-0.4, -0.2) is 17.7 Å². The van der Waals surface area contributed by atoms with E-state index in [1.807, 2.05) is 47.8 Å². The summed E-state index contributed by atoms with van der Waals surface area (Å²) in [6.07, 6.45) is -0.668. The van der Waals surface area contributed by atoms with E-state index in [-0.39, 0.29) is 12.6 Å². The molecule has 1 aromatic heterocycles. The van der Waals surface area contributed by atoms with E-state index >= 15 is 0 Å². The Balaban J connectivity index is 1.54. The fraction of sp³-hybridized carbons (Fsp3) is 0.167. The quantitative estimate of drug-likeness (QED) is 0.672. The van der Waals surface area contributed by atoms with Crippen molar-refractivity contribution < 1.29 is 9.90 Å².